The molecular formula is C10H4F4N4O. The van der Waals surface area contributed by atoms with Crippen molar-refractivity contribution in [2.45, 2.75) is 6.18 Å². The van der Waals surface area contributed by atoms with Gasteiger partial charge >= 0.3 is 11.9 Å². The van der Waals surface area contributed by atoms with E-state index in [2.05, 4.69) is 15.1 Å². The Labute approximate surface area is 101 Å². The van der Waals surface area contributed by atoms with Gasteiger partial charge in [0, 0.05) is 0 Å². The van der Waals surface area contributed by atoms with Crippen LogP contribution in [0.4, 0.5) is 17.6 Å². The van der Waals surface area contributed by atoms with E-state index in [1.165, 1.54) is 0 Å². The zero-order chi connectivity index (χ0) is 13.8. The summed E-state index contributed by atoms with van der Waals surface area (Å²) in [7, 11) is 0. The minimum atomic E-state index is -4.83. The summed E-state index contributed by atoms with van der Waals surface area (Å²) >= 11 is 0. The van der Waals surface area contributed by atoms with Crippen molar-refractivity contribution in [3.8, 4) is 0 Å². The van der Waals surface area contributed by atoms with Gasteiger partial charge in [-0.3, -0.25) is 0 Å². The zero-order valence-corrected chi connectivity index (χ0v) is 8.99. The van der Waals surface area contributed by atoms with Crippen LogP contribution in [0.25, 0.3) is 16.6 Å². The van der Waals surface area contributed by atoms with Gasteiger partial charge in [0.25, 0.3) is 0 Å². The number of hydrogen-bond acceptors (Lipinski definition) is 3. The molecule has 2 heterocycles. The van der Waals surface area contributed by atoms with Crippen LogP contribution in [0.5, 0.6) is 0 Å². The van der Waals surface area contributed by atoms with Crippen LogP contribution in [0.3, 0.4) is 0 Å². The first-order valence-corrected chi connectivity index (χ1v) is 5.01. The van der Waals surface area contributed by atoms with Crippen LogP contribution in [0, 0.1) is 5.82 Å². The molecule has 1 N–H and O–H groups in total. The molecule has 0 fully saturated rings. The number of nitrogens with zero attached hydrogens (tertiary/aromatic N) is 3. The fourth-order valence-electron chi connectivity index (χ4n) is 1.85. The minimum absolute atomic E-state index is 0.0731. The van der Waals surface area contributed by atoms with Gasteiger partial charge in [-0.05, 0) is 12.1 Å². The van der Waals surface area contributed by atoms with Crippen molar-refractivity contribution in [3.05, 3.63) is 40.3 Å². The summed E-state index contributed by atoms with van der Waals surface area (Å²) in [5, 5.41) is 3.09. The second-order valence-corrected chi connectivity index (χ2v) is 3.77. The molecule has 19 heavy (non-hydrogen) atoms. The molecule has 0 aliphatic carbocycles. The lowest BCUT2D eigenvalue weighted by atomic mass is 10.1. The molecule has 0 spiro atoms. The average Bonchev–Trinajstić information content (AvgIpc) is 2.76. The fraction of sp³-hybridized carbons (Fsp3) is 0.100. The van der Waals surface area contributed by atoms with E-state index in [0.717, 1.165) is 12.4 Å². The summed E-state index contributed by atoms with van der Waals surface area (Å²) in [6, 6.07) is 1.55. The molecule has 3 rings (SSSR count). The van der Waals surface area contributed by atoms with Crippen LogP contribution in [-0.2, 0) is 6.18 Å². The highest BCUT2D eigenvalue weighted by molar-refractivity contribution is 5.92. The normalized spacial score (nSPS) is 12.4. The van der Waals surface area contributed by atoms with E-state index in [9.17, 15) is 22.4 Å². The largest absolute Gasteiger partial charge is 0.419 e. The number of fused-ring (bicyclic) bond motifs is 3. The summed E-state index contributed by atoms with van der Waals surface area (Å²) < 4.78 is 52.6. The van der Waals surface area contributed by atoms with Gasteiger partial charge in [-0.25, -0.2) is 14.2 Å². The van der Waals surface area contributed by atoms with Gasteiger partial charge in [0.1, 0.15) is 12.1 Å². The van der Waals surface area contributed by atoms with Crippen molar-refractivity contribution in [3.63, 3.8) is 0 Å². The van der Waals surface area contributed by atoms with Gasteiger partial charge in [0.05, 0.1) is 16.5 Å². The average molecular weight is 272 g/mol. The standard InChI is InChI=1S/C10H4F4N4O/c11-7-4(10(12,13)14)1-2-5-6(7)8-15-3-16-18(8)9(19)17-5/h1-3H,(H,17,19). The molecule has 0 saturated heterocycles. The number of nitrogens with one attached hydrogen (secondary N) is 1. The number of aromatic nitrogens is 4. The summed E-state index contributed by atoms with van der Waals surface area (Å²) in [4.78, 5) is 17.4. The third kappa shape index (κ3) is 1.58. The Kier molecular flexibility index (Phi) is 2.16. The molecule has 5 nitrogen and oxygen atoms in total. The van der Waals surface area contributed by atoms with Crippen LogP contribution in [0.1, 0.15) is 5.56 Å². The number of benzene rings is 1. The van der Waals surface area contributed by atoms with E-state index in [4.69, 9.17) is 0 Å². The van der Waals surface area contributed by atoms with Gasteiger partial charge < -0.3 is 4.98 Å². The molecule has 0 radical (unpaired) electrons. The molecule has 0 aliphatic rings. The summed E-state index contributed by atoms with van der Waals surface area (Å²) in [5.41, 5.74) is -2.46. The molecule has 2 aromatic heterocycles. The maximum atomic E-state index is 14.0. The van der Waals surface area contributed by atoms with Crippen LogP contribution in [0.15, 0.2) is 23.3 Å². The van der Waals surface area contributed by atoms with E-state index in [0.29, 0.717) is 10.6 Å². The molecule has 0 amide bonds. The first kappa shape index (κ1) is 11.6. The monoisotopic (exact) mass is 272 g/mol. The fourth-order valence-corrected chi connectivity index (χ4v) is 1.85. The summed E-state index contributed by atoms with van der Waals surface area (Å²) in [6.45, 7) is 0. The van der Waals surface area contributed by atoms with E-state index in [-0.39, 0.29) is 11.2 Å². The number of alkyl halides is 3. The van der Waals surface area contributed by atoms with Gasteiger partial charge in [0.2, 0.25) is 0 Å². The van der Waals surface area contributed by atoms with Crippen LogP contribution in [0.2, 0.25) is 0 Å². The molecule has 0 unspecified atom stereocenters. The number of halogens is 4. The van der Waals surface area contributed by atoms with Crippen molar-refractivity contribution in [1.29, 1.82) is 0 Å². The maximum absolute atomic E-state index is 14.0. The van der Waals surface area contributed by atoms with E-state index < -0.39 is 28.6 Å². The third-order valence-electron chi connectivity index (χ3n) is 2.65. The Morgan fingerprint density at radius 2 is 2.00 bits per heavy atom. The number of aromatic amines is 1. The van der Waals surface area contributed by atoms with Crippen LogP contribution in [-0.4, -0.2) is 19.6 Å². The Morgan fingerprint density at radius 1 is 1.26 bits per heavy atom. The molecule has 0 bridgehead atoms. The van der Waals surface area contributed by atoms with E-state index in [1.54, 1.807) is 0 Å². The zero-order valence-electron chi connectivity index (χ0n) is 8.99. The predicted molar refractivity (Wildman–Crippen MR) is 56.1 cm³/mol. The van der Waals surface area contributed by atoms with Crippen LogP contribution < -0.4 is 5.69 Å². The van der Waals surface area contributed by atoms with Gasteiger partial charge in [-0.2, -0.15) is 22.8 Å². The second kappa shape index (κ2) is 3.53. The molecule has 9 heteroatoms. The molecule has 0 atom stereocenters. The Hall–Kier alpha value is -2.45. The molecule has 0 aliphatic heterocycles. The lowest BCUT2D eigenvalue weighted by Gasteiger charge is -2.09. The van der Waals surface area contributed by atoms with Gasteiger partial charge in [0.15, 0.2) is 5.65 Å². The minimum Gasteiger partial charge on any atom is -0.305 e. The van der Waals surface area contributed by atoms with E-state index in [1.807, 2.05) is 0 Å². The summed E-state index contributed by atoms with van der Waals surface area (Å²) in [5.74, 6) is -1.49. The lowest BCUT2D eigenvalue weighted by Crippen LogP contribution is -2.18. The van der Waals surface area contributed by atoms with Crippen molar-refractivity contribution in [1.82, 2.24) is 19.6 Å². The Morgan fingerprint density at radius 3 is 2.68 bits per heavy atom. The first-order chi connectivity index (χ1) is 8.89. The molecule has 98 valence electrons. The number of rotatable bonds is 0. The second-order valence-electron chi connectivity index (χ2n) is 3.77. The maximum Gasteiger partial charge on any atom is 0.419 e. The highest BCUT2D eigenvalue weighted by Crippen LogP contribution is 2.34. The van der Waals surface area contributed by atoms with Crippen molar-refractivity contribution in [2.75, 3.05) is 0 Å². The van der Waals surface area contributed by atoms with E-state index >= 15 is 0 Å². The SMILES string of the molecule is O=c1[nH]c2ccc(C(F)(F)F)c(F)c2c2ncnn12. The van der Waals surface area contributed by atoms with Gasteiger partial charge in [-0.1, -0.05) is 0 Å². The Bertz CT molecular complexity index is 848. The predicted octanol–water partition coefficient (Wildman–Crippen LogP) is 1.73. The van der Waals surface area contributed by atoms with Gasteiger partial charge in [-0.15, -0.1) is 0 Å². The smallest absolute Gasteiger partial charge is 0.305 e. The number of hydrogen-bond donors (Lipinski definition) is 1. The summed E-state index contributed by atoms with van der Waals surface area (Å²) in [6.07, 6.45) is -3.87. The molecule has 1 aromatic carbocycles. The van der Waals surface area contributed by atoms with Crippen molar-refractivity contribution < 1.29 is 17.6 Å². The quantitative estimate of drug-likeness (QED) is 0.634. The van der Waals surface area contributed by atoms with Crippen molar-refractivity contribution >= 4 is 16.6 Å². The molecule has 0 saturated carbocycles. The lowest BCUT2D eigenvalue weighted by molar-refractivity contribution is -0.139. The van der Waals surface area contributed by atoms with Crippen LogP contribution >= 0.6 is 0 Å². The number of H-pyrrole nitrogens is 1. The highest BCUT2D eigenvalue weighted by Gasteiger charge is 2.35. The third-order valence-corrected chi connectivity index (χ3v) is 2.65. The van der Waals surface area contributed by atoms with Crippen molar-refractivity contribution in [2.24, 2.45) is 0 Å². The molecule has 3 aromatic rings. The molecular weight excluding hydrogens is 268 g/mol. The Balaban J connectivity index is 2.55. The first-order valence-electron chi connectivity index (χ1n) is 5.01. The highest BCUT2D eigenvalue weighted by atomic mass is 19.4. The topological polar surface area (TPSA) is 63.0 Å².